The molecule has 6 heteroatoms. The van der Waals surface area contributed by atoms with Crippen LogP contribution in [0.5, 0.6) is 0 Å². The summed E-state index contributed by atoms with van der Waals surface area (Å²) in [7, 11) is 0. The van der Waals surface area contributed by atoms with Crippen LogP contribution in [0.2, 0.25) is 0 Å². The molecule has 0 aliphatic carbocycles. The average Bonchev–Trinajstić information content (AvgIpc) is 2.23. The molecule has 6 nitrogen and oxygen atoms in total. The molecule has 84 valence electrons. The summed E-state index contributed by atoms with van der Waals surface area (Å²) in [5.74, 6) is -0.981. The molecule has 0 unspecified atom stereocenters. The normalized spacial score (nSPS) is 10.0. The van der Waals surface area contributed by atoms with Crippen molar-refractivity contribution in [2.75, 3.05) is 26.4 Å². The highest BCUT2D eigenvalue weighted by Crippen LogP contribution is 2.11. The summed E-state index contributed by atoms with van der Waals surface area (Å²) in [6.45, 7) is 1.34. The Morgan fingerprint density at radius 2 is 1.29 bits per heavy atom. The Kier molecular flexibility index (Phi) is 9.58. The van der Waals surface area contributed by atoms with E-state index in [2.05, 4.69) is 6.58 Å². The van der Waals surface area contributed by atoms with Crippen molar-refractivity contribution in [2.24, 2.45) is 5.41 Å². The second-order valence-corrected chi connectivity index (χ2v) is 2.67. The van der Waals surface area contributed by atoms with E-state index in [-0.39, 0.29) is 0 Å². The molecular weight excluding hydrogens is 192 g/mol. The van der Waals surface area contributed by atoms with Gasteiger partial charge in [-0.1, -0.05) is 6.58 Å². The van der Waals surface area contributed by atoms with E-state index >= 15 is 0 Å². The van der Waals surface area contributed by atoms with Crippen molar-refractivity contribution < 1.29 is 30.3 Å². The van der Waals surface area contributed by atoms with Gasteiger partial charge in [0.2, 0.25) is 0 Å². The first-order valence-electron chi connectivity index (χ1n) is 3.80. The van der Waals surface area contributed by atoms with Gasteiger partial charge in [0.25, 0.3) is 0 Å². The van der Waals surface area contributed by atoms with Crippen LogP contribution in [-0.4, -0.2) is 57.9 Å². The number of hydrogen-bond acceptors (Lipinski definition) is 5. The lowest BCUT2D eigenvalue weighted by atomic mass is 9.93. The quantitative estimate of drug-likeness (QED) is 0.340. The lowest BCUT2D eigenvalue weighted by molar-refractivity contribution is -0.131. The maximum absolute atomic E-state index is 9.25. The van der Waals surface area contributed by atoms with E-state index in [9.17, 15) is 4.79 Å². The van der Waals surface area contributed by atoms with E-state index in [1.165, 1.54) is 0 Å². The van der Waals surface area contributed by atoms with Crippen LogP contribution in [-0.2, 0) is 4.79 Å². The van der Waals surface area contributed by atoms with E-state index in [1.54, 1.807) is 0 Å². The van der Waals surface area contributed by atoms with Crippen molar-refractivity contribution in [1.29, 1.82) is 0 Å². The van der Waals surface area contributed by atoms with Gasteiger partial charge in [0, 0.05) is 6.08 Å². The number of aliphatic hydroxyl groups excluding tert-OH is 4. The average molecular weight is 208 g/mol. The van der Waals surface area contributed by atoms with Gasteiger partial charge < -0.3 is 25.5 Å². The fourth-order valence-corrected chi connectivity index (χ4v) is 0.300. The van der Waals surface area contributed by atoms with Crippen LogP contribution in [0.15, 0.2) is 12.7 Å². The van der Waals surface area contributed by atoms with Crippen molar-refractivity contribution in [1.82, 2.24) is 0 Å². The standard InChI is InChI=1S/C5H12O4.C3H4O2/c6-1-5(2-7,3-8)4-9;1-2-3(4)5/h6-9H,1-4H2;2H,1H2,(H,4,5). The van der Waals surface area contributed by atoms with Crippen LogP contribution in [0.4, 0.5) is 0 Å². The molecule has 0 saturated carbocycles. The third-order valence-electron chi connectivity index (χ3n) is 1.52. The SMILES string of the molecule is C=CC(=O)O.OCC(CO)(CO)CO. The summed E-state index contributed by atoms with van der Waals surface area (Å²) >= 11 is 0. The number of carboxylic acids is 1. The lowest BCUT2D eigenvalue weighted by Gasteiger charge is -2.23. The van der Waals surface area contributed by atoms with Gasteiger partial charge in [-0.15, -0.1) is 0 Å². The maximum Gasteiger partial charge on any atom is 0.327 e. The van der Waals surface area contributed by atoms with Gasteiger partial charge in [-0.3, -0.25) is 0 Å². The van der Waals surface area contributed by atoms with E-state index < -0.39 is 37.8 Å². The van der Waals surface area contributed by atoms with Crippen molar-refractivity contribution in [3.05, 3.63) is 12.7 Å². The number of hydrogen-bond donors (Lipinski definition) is 5. The first-order valence-corrected chi connectivity index (χ1v) is 3.80. The fourth-order valence-electron chi connectivity index (χ4n) is 0.300. The molecule has 0 radical (unpaired) electrons. The van der Waals surface area contributed by atoms with Gasteiger partial charge in [-0.05, 0) is 0 Å². The Morgan fingerprint density at radius 1 is 1.07 bits per heavy atom. The minimum Gasteiger partial charge on any atom is -0.478 e. The maximum atomic E-state index is 9.25. The van der Waals surface area contributed by atoms with E-state index in [4.69, 9.17) is 25.5 Å². The smallest absolute Gasteiger partial charge is 0.327 e. The van der Waals surface area contributed by atoms with Crippen molar-refractivity contribution >= 4 is 5.97 Å². The van der Waals surface area contributed by atoms with Crippen LogP contribution >= 0.6 is 0 Å². The van der Waals surface area contributed by atoms with Gasteiger partial charge in [-0.25, -0.2) is 4.79 Å². The molecule has 0 spiro atoms. The van der Waals surface area contributed by atoms with Crippen LogP contribution in [0.3, 0.4) is 0 Å². The Morgan fingerprint density at radius 3 is 1.29 bits per heavy atom. The Labute approximate surface area is 81.7 Å². The summed E-state index contributed by atoms with van der Waals surface area (Å²) in [5, 5.41) is 41.6. The van der Waals surface area contributed by atoms with Crippen LogP contribution in [0, 0.1) is 5.41 Å². The summed E-state index contributed by atoms with van der Waals surface area (Å²) in [6, 6.07) is 0. The fraction of sp³-hybridized carbons (Fsp3) is 0.625. The molecule has 0 aliphatic heterocycles. The largest absolute Gasteiger partial charge is 0.478 e. The second-order valence-electron chi connectivity index (χ2n) is 2.67. The Bertz CT molecular complexity index is 146. The molecule has 0 bridgehead atoms. The molecule has 0 aromatic rings. The molecule has 0 atom stereocenters. The lowest BCUT2D eigenvalue weighted by Crippen LogP contribution is -2.37. The summed E-state index contributed by atoms with van der Waals surface area (Å²) in [5.41, 5.74) is -1.11. The van der Waals surface area contributed by atoms with Crippen molar-refractivity contribution in [2.45, 2.75) is 0 Å². The monoisotopic (exact) mass is 208 g/mol. The molecule has 0 aromatic heterocycles. The third kappa shape index (κ3) is 6.55. The summed E-state index contributed by atoms with van der Waals surface area (Å²) < 4.78 is 0. The molecule has 0 heterocycles. The Balaban J connectivity index is 0. The molecule has 0 saturated heterocycles. The van der Waals surface area contributed by atoms with Gasteiger partial charge in [0.15, 0.2) is 0 Å². The summed E-state index contributed by atoms with van der Waals surface area (Å²) in [6.07, 6.45) is 0.833. The third-order valence-corrected chi connectivity index (χ3v) is 1.52. The van der Waals surface area contributed by atoms with Gasteiger partial charge in [-0.2, -0.15) is 0 Å². The molecule has 14 heavy (non-hydrogen) atoms. The number of carboxylic acid groups (broad SMARTS) is 1. The number of rotatable bonds is 5. The first-order chi connectivity index (χ1) is 6.51. The zero-order valence-electron chi connectivity index (χ0n) is 7.76. The van der Waals surface area contributed by atoms with Crippen molar-refractivity contribution in [3.8, 4) is 0 Å². The minimum atomic E-state index is -1.11. The molecule has 5 N–H and O–H groups in total. The van der Waals surface area contributed by atoms with Gasteiger partial charge >= 0.3 is 5.97 Å². The van der Waals surface area contributed by atoms with Crippen LogP contribution in [0.1, 0.15) is 0 Å². The van der Waals surface area contributed by atoms with E-state index in [1.807, 2.05) is 0 Å². The highest BCUT2D eigenvalue weighted by Gasteiger charge is 2.26. The highest BCUT2D eigenvalue weighted by molar-refractivity contribution is 5.78. The number of aliphatic hydroxyl groups is 4. The number of carbonyl (C=O) groups is 1. The molecule has 0 aromatic carbocycles. The molecule has 0 fully saturated rings. The van der Waals surface area contributed by atoms with Crippen LogP contribution in [0.25, 0.3) is 0 Å². The zero-order valence-corrected chi connectivity index (χ0v) is 7.76. The first kappa shape index (κ1) is 15.5. The predicted octanol–water partition coefficient (Wildman–Crippen LogP) is -1.80. The zero-order chi connectivity index (χ0) is 11.6. The molecule has 0 aliphatic rings. The van der Waals surface area contributed by atoms with Crippen LogP contribution < -0.4 is 0 Å². The predicted molar refractivity (Wildman–Crippen MR) is 48.6 cm³/mol. The topological polar surface area (TPSA) is 118 Å². The van der Waals surface area contributed by atoms with E-state index in [0.717, 1.165) is 6.08 Å². The summed E-state index contributed by atoms with van der Waals surface area (Å²) in [4.78, 5) is 9.25. The highest BCUT2D eigenvalue weighted by atomic mass is 16.4. The molecular formula is C8H16O6. The Hall–Kier alpha value is -0.950. The number of aliphatic carboxylic acids is 1. The second kappa shape index (κ2) is 8.64. The van der Waals surface area contributed by atoms with E-state index in [0.29, 0.717) is 0 Å². The molecule has 0 rings (SSSR count). The molecule has 0 amide bonds. The van der Waals surface area contributed by atoms with Gasteiger partial charge in [0.05, 0.1) is 31.8 Å². The van der Waals surface area contributed by atoms with Gasteiger partial charge in [0.1, 0.15) is 0 Å². The minimum absolute atomic E-state index is 0.406. The van der Waals surface area contributed by atoms with Crippen molar-refractivity contribution in [3.63, 3.8) is 0 Å².